The van der Waals surface area contributed by atoms with Gasteiger partial charge in [0.2, 0.25) is 5.91 Å². The number of rotatable bonds is 8. The van der Waals surface area contributed by atoms with Crippen LogP contribution in [0.5, 0.6) is 0 Å². The number of carbonyl (C=O) groups excluding carboxylic acids is 1. The number of aliphatic hydroxyl groups is 1. The molecule has 1 aromatic heterocycles. The smallest absolute Gasteiger partial charge is 0.405 e. The first kappa shape index (κ1) is 19.8. The van der Waals surface area contributed by atoms with Crippen LogP contribution in [-0.4, -0.2) is 45.4 Å². The minimum absolute atomic E-state index is 0.189. The van der Waals surface area contributed by atoms with Crippen molar-refractivity contribution in [3.63, 3.8) is 0 Å². The second-order valence-electron chi connectivity index (χ2n) is 7.28. The van der Waals surface area contributed by atoms with E-state index in [2.05, 4.69) is 15.6 Å². The molecule has 2 rings (SSSR count). The molecule has 2 atom stereocenters. The number of fused-ring (bicyclic) bond motifs is 1. The van der Waals surface area contributed by atoms with Crippen molar-refractivity contribution in [2.75, 3.05) is 6.61 Å². The summed E-state index contributed by atoms with van der Waals surface area (Å²) in [5, 5.41) is 24.8. The third-order valence-electron chi connectivity index (χ3n) is 4.41. The molecular weight excluding hydrogens is 334 g/mol. The fraction of sp³-hybridized carbons (Fsp3) is 0.474. The number of nitrogens with one attached hydrogen (secondary N) is 3. The molecule has 0 aliphatic heterocycles. The Morgan fingerprint density at radius 1 is 1.27 bits per heavy atom. The van der Waals surface area contributed by atoms with E-state index in [4.69, 9.17) is 0 Å². The number of amides is 2. The average Bonchev–Trinajstić information content (AvgIpc) is 2.96. The van der Waals surface area contributed by atoms with E-state index in [1.54, 1.807) is 13.1 Å². The summed E-state index contributed by atoms with van der Waals surface area (Å²) < 4.78 is 0. The second kappa shape index (κ2) is 8.23. The van der Waals surface area contributed by atoms with Crippen molar-refractivity contribution in [1.82, 2.24) is 15.6 Å². The lowest BCUT2D eigenvalue weighted by Crippen LogP contribution is -2.60. The highest BCUT2D eigenvalue weighted by Gasteiger charge is 2.37. The van der Waals surface area contributed by atoms with Crippen molar-refractivity contribution in [2.45, 2.75) is 45.2 Å². The third kappa shape index (κ3) is 4.76. The fourth-order valence-corrected chi connectivity index (χ4v) is 3.17. The number of carbonyl (C=O) groups is 2. The summed E-state index contributed by atoms with van der Waals surface area (Å²) in [7, 11) is 0. The van der Waals surface area contributed by atoms with Gasteiger partial charge in [0.15, 0.2) is 0 Å². The van der Waals surface area contributed by atoms with E-state index in [0.717, 1.165) is 16.5 Å². The maximum Gasteiger partial charge on any atom is 0.405 e. The lowest BCUT2D eigenvalue weighted by Gasteiger charge is -2.30. The fourth-order valence-electron chi connectivity index (χ4n) is 3.17. The maximum absolute atomic E-state index is 12.9. The molecule has 1 heterocycles. The van der Waals surface area contributed by atoms with E-state index >= 15 is 0 Å². The molecule has 0 spiro atoms. The Labute approximate surface area is 152 Å². The van der Waals surface area contributed by atoms with Crippen molar-refractivity contribution in [3.8, 4) is 0 Å². The largest absolute Gasteiger partial charge is 0.465 e. The minimum atomic E-state index is -1.36. The van der Waals surface area contributed by atoms with Crippen LogP contribution in [0.1, 0.15) is 32.8 Å². The van der Waals surface area contributed by atoms with E-state index in [1.807, 2.05) is 38.1 Å². The molecule has 5 N–H and O–H groups in total. The molecular formula is C19H27N3O4. The SMILES string of the molecule is CC(C)C[C@@H](CO)NC(=O)[C@@](C)(Cc1c[nH]c2ccccc12)NC(=O)O. The Balaban J connectivity index is 2.26. The van der Waals surface area contributed by atoms with E-state index in [1.165, 1.54) is 0 Å². The highest BCUT2D eigenvalue weighted by Crippen LogP contribution is 2.23. The predicted molar refractivity (Wildman–Crippen MR) is 100 cm³/mol. The van der Waals surface area contributed by atoms with Crippen LogP contribution in [0.15, 0.2) is 30.5 Å². The summed E-state index contributed by atoms with van der Waals surface area (Å²) in [6.45, 7) is 5.35. The molecule has 0 unspecified atom stereocenters. The molecule has 0 aliphatic rings. The lowest BCUT2D eigenvalue weighted by atomic mass is 9.90. The molecule has 142 valence electrons. The first-order valence-electron chi connectivity index (χ1n) is 8.73. The van der Waals surface area contributed by atoms with Crippen molar-refractivity contribution >= 4 is 22.9 Å². The van der Waals surface area contributed by atoms with Gasteiger partial charge >= 0.3 is 6.09 Å². The zero-order chi connectivity index (χ0) is 19.3. The topological polar surface area (TPSA) is 114 Å². The molecule has 0 saturated heterocycles. The van der Waals surface area contributed by atoms with Crippen molar-refractivity contribution in [1.29, 1.82) is 0 Å². The summed E-state index contributed by atoms with van der Waals surface area (Å²) in [5.74, 6) is -0.162. The summed E-state index contributed by atoms with van der Waals surface area (Å²) in [6, 6.07) is 7.23. The number of carboxylic acid groups (broad SMARTS) is 1. The van der Waals surface area contributed by atoms with Gasteiger partial charge in [-0.05, 0) is 30.9 Å². The number of hydrogen-bond donors (Lipinski definition) is 5. The maximum atomic E-state index is 12.9. The molecule has 0 fully saturated rings. The van der Waals surface area contributed by atoms with Gasteiger partial charge in [0.05, 0.1) is 12.6 Å². The lowest BCUT2D eigenvalue weighted by molar-refractivity contribution is -0.128. The zero-order valence-corrected chi connectivity index (χ0v) is 15.4. The Hall–Kier alpha value is -2.54. The number of H-pyrrole nitrogens is 1. The molecule has 0 bridgehead atoms. The number of aliphatic hydroxyl groups excluding tert-OH is 1. The molecule has 1 aromatic carbocycles. The molecule has 2 aromatic rings. The molecule has 26 heavy (non-hydrogen) atoms. The molecule has 2 amide bonds. The van der Waals surface area contributed by atoms with Crippen molar-refractivity contribution in [2.24, 2.45) is 5.92 Å². The first-order valence-corrected chi connectivity index (χ1v) is 8.73. The van der Waals surface area contributed by atoms with E-state index in [9.17, 15) is 19.8 Å². The average molecular weight is 361 g/mol. The van der Waals surface area contributed by atoms with Gasteiger partial charge in [-0.3, -0.25) is 4.79 Å². The quantitative estimate of drug-likeness (QED) is 0.496. The number of aromatic nitrogens is 1. The van der Waals surface area contributed by atoms with Crippen LogP contribution in [-0.2, 0) is 11.2 Å². The van der Waals surface area contributed by atoms with Crippen molar-refractivity contribution in [3.05, 3.63) is 36.0 Å². The van der Waals surface area contributed by atoms with Crippen LogP contribution in [0.3, 0.4) is 0 Å². The Morgan fingerprint density at radius 3 is 2.58 bits per heavy atom. The van der Waals surface area contributed by atoms with Gasteiger partial charge < -0.3 is 25.8 Å². The van der Waals surface area contributed by atoms with Gasteiger partial charge in [-0.15, -0.1) is 0 Å². The summed E-state index contributed by atoms with van der Waals surface area (Å²) in [5.41, 5.74) is 0.409. The molecule has 7 heteroatoms. The second-order valence-corrected chi connectivity index (χ2v) is 7.28. The number of hydrogen-bond acceptors (Lipinski definition) is 3. The highest BCUT2D eigenvalue weighted by atomic mass is 16.4. The summed E-state index contributed by atoms with van der Waals surface area (Å²) in [6.07, 6.45) is 1.32. The Morgan fingerprint density at radius 2 is 1.96 bits per heavy atom. The first-order chi connectivity index (χ1) is 12.2. The van der Waals surface area contributed by atoms with Gasteiger partial charge in [0.25, 0.3) is 0 Å². The van der Waals surface area contributed by atoms with E-state index < -0.39 is 23.6 Å². The third-order valence-corrected chi connectivity index (χ3v) is 4.41. The summed E-state index contributed by atoms with van der Waals surface area (Å²) in [4.78, 5) is 27.3. The highest BCUT2D eigenvalue weighted by molar-refractivity contribution is 5.91. The Bertz CT molecular complexity index is 771. The van der Waals surface area contributed by atoms with Gasteiger partial charge in [0.1, 0.15) is 5.54 Å². The molecule has 0 saturated carbocycles. The van der Waals surface area contributed by atoms with Crippen LogP contribution in [0.25, 0.3) is 10.9 Å². The zero-order valence-electron chi connectivity index (χ0n) is 15.4. The number of aromatic amines is 1. The van der Waals surface area contributed by atoms with Crippen molar-refractivity contribution < 1.29 is 19.8 Å². The Kier molecular flexibility index (Phi) is 6.26. The summed E-state index contributed by atoms with van der Waals surface area (Å²) >= 11 is 0. The van der Waals surface area contributed by atoms with Gasteiger partial charge in [-0.25, -0.2) is 4.79 Å². The number of para-hydroxylation sites is 1. The standard InChI is InChI=1S/C19H27N3O4/c1-12(2)8-14(11-23)21-17(24)19(3,22-18(25)26)9-13-10-20-16-7-5-4-6-15(13)16/h4-7,10,12,14,20,22-23H,8-9,11H2,1-3H3,(H,21,24)(H,25,26)/t14-,19+/m0/s1. The predicted octanol–water partition coefficient (Wildman–Crippen LogP) is 2.26. The van der Waals surface area contributed by atoms with Crippen LogP contribution in [0.4, 0.5) is 4.79 Å². The van der Waals surface area contributed by atoms with Gasteiger partial charge in [-0.1, -0.05) is 32.0 Å². The number of benzene rings is 1. The minimum Gasteiger partial charge on any atom is -0.465 e. The van der Waals surface area contributed by atoms with Crippen LogP contribution >= 0.6 is 0 Å². The van der Waals surface area contributed by atoms with E-state index in [-0.39, 0.29) is 13.0 Å². The van der Waals surface area contributed by atoms with Crippen LogP contribution in [0.2, 0.25) is 0 Å². The monoisotopic (exact) mass is 361 g/mol. The molecule has 0 aliphatic carbocycles. The normalized spacial score (nSPS) is 14.8. The van der Waals surface area contributed by atoms with Crippen LogP contribution < -0.4 is 10.6 Å². The molecule has 7 nitrogen and oxygen atoms in total. The van der Waals surface area contributed by atoms with Gasteiger partial charge in [-0.2, -0.15) is 0 Å². The van der Waals surface area contributed by atoms with Crippen LogP contribution in [0, 0.1) is 5.92 Å². The van der Waals surface area contributed by atoms with Gasteiger partial charge in [0, 0.05) is 23.5 Å². The van der Waals surface area contributed by atoms with E-state index in [0.29, 0.717) is 12.3 Å². The molecule has 0 radical (unpaired) electrons.